The van der Waals surface area contributed by atoms with Crippen LogP contribution in [0.1, 0.15) is 0 Å². The quantitative estimate of drug-likeness (QED) is 0.506. The number of benzene rings is 2. The van der Waals surface area contributed by atoms with Crippen molar-refractivity contribution in [2.45, 2.75) is 4.34 Å². The van der Waals surface area contributed by atoms with Crippen molar-refractivity contribution in [3.63, 3.8) is 0 Å². The van der Waals surface area contributed by atoms with E-state index in [-0.39, 0.29) is 18.5 Å². The number of ether oxygens (including phenoxy) is 3. The molecule has 1 amide bonds. The highest BCUT2D eigenvalue weighted by molar-refractivity contribution is 8.01. The maximum atomic E-state index is 12.3. The Labute approximate surface area is 199 Å². The molecule has 5 rings (SSSR count). The van der Waals surface area contributed by atoms with E-state index in [1.54, 1.807) is 25.3 Å². The van der Waals surface area contributed by atoms with Crippen LogP contribution in [0, 0.1) is 0 Å². The highest BCUT2D eigenvalue weighted by atomic mass is 32.2. The fourth-order valence-corrected chi connectivity index (χ4v) is 5.41. The molecule has 0 spiro atoms. The number of methoxy groups -OCH3 is 1. The highest BCUT2D eigenvalue weighted by Crippen LogP contribution is 2.35. The Balaban J connectivity index is 1.11. The zero-order valence-corrected chi connectivity index (χ0v) is 19.7. The fraction of sp³-hybridized carbons (Fsp3) is 0.318. The number of rotatable bonds is 7. The predicted octanol–water partition coefficient (Wildman–Crippen LogP) is 3.33. The van der Waals surface area contributed by atoms with Crippen LogP contribution in [0.15, 0.2) is 46.8 Å². The zero-order valence-electron chi connectivity index (χ0n) is 18.0. The van der Waals surface area contributed by atoms with Gasteiger partial charge in [0.05, 0.1) is 18.6 Å². The Morgan fingerprint density at radius 1 is 1.09 bits per heavy atom. The van der Waals surface area contributed by atoms with Gasteiger partial charge < -0.3 is 29.3 Å². The van der Waals surface area contributed by atoms with Gasteiger partial charge in [0, 0.05) is 37.9 Å². The molecule has 1 aromatic heterocycles. The molecular formula is C22H23N5O4S2. The van der Waals surface area contributed by atoms with Crippen LogP contribution < -0.4 is 29.3 Å². The average Bonchev–Trinajstić information content (AvgIpc) is 3.52. The van der Waals surface area contributed by atoms with Crippen molar-refractivity contribution >= 4 is 45.5 Å². The summed E-state index contributed by atoms with van der Waals surface area (Å²) in [6, 6.07) is 13.4. The number of thioether (sulfide) groups is 1. The summed E-state index contributed by atoms with van der Waals surface area (Å²) in [6.45, 7) is 3.65. The Morgan fingerprint density at radius 3 is 2.73 bits per heavy atom. The van der Waals surface area contributed by atoms with Gasteiger partial charge in [-0.2, -0.15) is 0 Å². The van der Waals surface area contributed by atoms with E-state index < -0.39 is 0 Å². The summed E-state index contributed by atoms with van der Waals surface area (Å²) < 4.78 is 16.9. The number of amides is 1. The van der Waals surface area contributed by atoms with Crippen molar-refractivity contribution in [3.8, 4) is 17.2 Å². The van der Waals surface area contributed by atoms with Gasteiger partial charge in [-0.05, 0) is 24.3 Å². The second-order valence-corrected chi connectivity index (χ2v) is 9.58. The molecule has 0 atom stereocenters. The lowest BCUT2D eigenvalue weighted by Gasteiger charge is -2.36. The van der Waals surface area contributed by atoms with Crippen LogP contribution in [-0.4, -0.2) is 61.9 Å². The molecule has 0 bridgehead atoms. The van der Waals surface area contributed by atoms with E-state index in [0.29, 0.717) is 17.2 Å². The lowest BCUT2D eigenvalue weighted by molar-refractivity contribution is -0.113. The number of carbonyl (C=O) groups is 1. The topological polar surface area (TPSA) is 89.1 Å². The van der Waals surface area contributed by atoms with Crippen LogP contribution in [-0.2, 0) is 4.79 Å². The molecule has 11 heteroatoms. The van der Waals surface area contributed by atoms with Gasteiger partial charge in [-0.25, -0.2) is 0 Å². The standard InChI is InChI=1S/C22H23N5O4S2/c1-29-17-5-3-2-4-16(17)26-8-10-27(11-9-26)21-24-25-22(33-21)32-13-20(28)23-15-6-7-18-19(12-15)31-14-30-18/h2-7,12H,8-11,13-14H2,1H3,(H,23,28). The molecule has 2 aliphatic rings. The van der Waals surface area contributed by atoms with Crippen LogP contribution >= 0.6 is 23.1 Å². The van der Waals surface area contributed by atoms with E-state index in [2.05, 4.69) is 31.4 Å². The van der Waals surface area contributed by atoms with Crippen molar-refractivity contribution < 1.29 is 19.0 Å². The molecule has 0 unspecified atom stereocenters. The second-order valence-electron chi connectivity index (χ2n) is 7.40. The van der Waals surface area contributed by atoms with Gasteiger partial charge in [0.2, 0.25) is 17.8 Å². The minimum absolute atomic E-state index is 0.110. The number of nitrogens with one attached hydrogen (secondary N) is 1. The molecule has 1 N–H and O–H groups in total. The number of hydrogen-bond acceptors (Lipinski definition) is 10. The van der Waals surface area contributed by atoms with Crippen molar-refractivity contribution in [2.24, 2.45) is 0 Å². The molecule has 3 aromatic rings. The first kappa shape index (κ1) is 21.7. The molecule has 1 fully saturated rings. The summed E-state index contributed by atoms with van der Waals surface area (Å²) in [5.41, 5.74) is 1.79. The van der Waals surface area contributed by atoms with Gasteiger partial charge in [0.25, 0.3) is 0 Å². The molecule has 2 aromatic carbocycles. The molecule has 0 radical (unpaired) electrons. The first-order valence-corrected chi connectivity index (χ1v) is 12.3. The summed E-state index contributed by atoms with van der Waals surface area (Å²) >= 11 is 2.90. The first-order chi connectivity index (χ1) is 16.2. The summed E-state index contributed by atoms with van der Waals surface area (Å²) in [5.74, 6) is 2.36. The zero-order chi connectivity index (χ0) is 22.6. The number of aromatic nitrogens is 2. The van der Waals surface area contributed by atoms with Crippen molar-refractivity contribution in [2.75, 3.05) is 61.0 Å². The number of carbonyl (C=O) groups excluding carboxylic acids is 1. The third-order valence-corrected chi connectivity index (χ3v) is 7.47. The van der Waals surface area contributed by atoms with Gasteiger partial charge >= 0.3 is 0 Å². The highest BCUT2D eigenvalue weighted by Gasteiger charge is 2.22. The number of anilines is 3. The van der Waals surface area contributed by atoms with E-state index in [1.807, 2.05) is 18.2 Å². The second kappa shape index (κ2) is 9.75. The third kappa shape index (κ3) is 4.93. The van der Waals surface area contributed by atoms with Crippen LogP contribution in [0.25, 0.3) is 0 Å². The van der Waals surface area contributed by atoms with Crippen LogP contribution in [0.5, 0.6) is 17.2 Å². The van der Waals surface area contributed by atoms with Gasteiger partial charge in [0.15, 0.2) is 15.8 Å². The number of hydrogen-bond donors (Lipinski definition) is 1. The van der Waals surface area contributed by atoms with Crippen LogP contribution in [0.4, 0.5) is 16.5 Å². The Kier molecular flexibility index (Phi) is 6.40. The van der Waals surface area contributed by atoms with Gasteiger partial charge in [0.1, 0.15) is 5.75 Å². The monoisotopic (exact) mass is 485 g/mol. The maximum Gasteiger partial charge on any atom is 0.234 e. The molecule has 0 saturated carbocycles. The summed E-state index contributed by atoms with van der Waals surface area (Å²) in [5, 5.41) is 12.4. The predicted molar refractivity (Wildman–Crippen MR) is 129 cm³/mol. The summed E-state index contributed by atoms with van der Waals surface area (Å²) in [4.78, 5) is 16.9. The lowest BCUT2D eigenvalue weighted by atomic mass is 10.2. The molecule has 2 aliphatic heterocycles. The van der Waals surface area contributed by atoms with Crippen LogP contribution in [0.3, 0.4) is 0 Å². The number of fused-ring (bicyclic) bond motifs is 1. The van der Waals surface area contributed by atoms with Crippen molar-refractivity contribution in [1.82, 2.24) is 10.2 Å². The summed E-state index contributed by atoms with van der Waals surface area (Å²) in [6.07, 6.45) is 0. The Morgan fingerprint density at radius 2 is 1.88 bits per heavy atom. The largest absolute Gasteiger partial charge is 0.495 e. The molecule has 9 nitrogen and oxygen atoms in total. The average molecular weight is 486 g/mol. The third-order valence-electron chi connectivity index (χ3n) is 5.35. The molecule has 0 aliphatic carbocycles. The molecule has 172 valence electrons. The van der Waals surface area contributed by atoms with E-state index in [0.717, 1.165) is 47.1 Å². The molecule has 3 heterocycles. The van der Waals surface area contributed by atoms with Gasteiger partial charge in [-0.1, -0.05) is 35.2 Å². The van der Waals surface area contributed by atoms with Gasteiger partial charge in [-0.3, -0.25) is 4.79 Å². The normalized spacial score (nSPS) is 14.9. The number of piperazine rings is 1. The van der Waals surface area contributed by atoms with E-state index in [1.165, 1.54) is 23.1 Å². The van der Waals surface area contributed by atoms with E-state index in [9.17, 15) is 4.79 Å². The fourth-order valence-electron chi connectivity index (χ4n) is 3.72. The summed E-state index contributed by atoms with van der Waals surface area (Å²) in [7, 11) is 1.70. The molecule has 1 saturated heterocycles. The first-order valence-electron chi connectivity index (χ1n) is 10.5. The van der Waals surface area contributed by atoms with Crippen molar-refractivity contribution in [1.29, 1.82) is 0 Å². The molecule has 33 heavy (non-hydrogen) atoms. The van der Waals surface area contributed by atoms with E-state index in [4.69, 9.17) is 14.2 Å². The maximum absolute atomic E-state index is 12.3. The minimum Gasteiger partial charge on any atom is -0.495 e. The van der Waals surface area contributed by atoms with Gasteiger partial charge in [-0.15, -0.1) is 10.2 Å². The number of nitrogens with zero attached hydrogens (tertiary/aromatic N) is 4. The smallest absolute Gasteiger partial charge is 0.234 e. The SMILES string of the molecule is COc1ccccc1N1CCN(c2nnc(SCC(=O)Nc3ccc4c(c3)OCO4)s2)CC1. The Bertz CT molecular complexity index is 1130. The van der Waals surface area contributed by atoms with Crippen LogP contribution in [0.2, 0.25) is 0 Å². The van der Waals surface area contributed by atoms with Crippen molar-refractivity contribution in [3.05, 3.63) is 42.5 Å². The lowest BCUT2D eigenvalue weighted by Crippen LogP contribution is -2.46. The van der Waals surface area contributed by atoms with E-state index >= 15 is 0 Å². The number of para-hydroxylation sites is 2. The Hall–Kier alpha value is -3.18. The minimum atomic E-state index is -0.110. The molecular weight excluding hydrogens is 462 g/mol.